The average Bonchev–Trinajstić information content (AvgIpc) is 2.62. The molecule has 0 atom stereocenters. The lowest BCUT2D eigenvalue weighted by Crippen LogP contribution is -2.29. The van der Waals surface area contributed by atoms with Crippen molar-refractivity contribution in [2.75, 3.05) is 7.11 Å². The van der Waals surface area contributed by atoms with Crippen LogP contribution >= 0.6 is 11.8 Å². The highest BCUT2D eigenvalue weighted by Gasteiger charge is 2.13. The Morgan fingerprint density at radius 1 is 1.00 bits per heavy atom. The molecule has 4 nitrogen and oxygen atoms in total. The molecule has 0 bridgehead atoms. The second-order valence-electron chi connectivity index (χ2n) is 5.03. The highest BCUT2D eigenvalue weighted by molar-refractivity contribution is 8.01. The normalized spacial score (nSPS) is 11.0. The second kappa shape index (κ2) is 9.57. The molecule has 0 unspecified atom stereocenters. The summed E-state index contributed by atoms with van der Waals surface area (Å²) >= 11 is 1.43. The van der Waals surface area contributed by atoms with E-state index in [0.717, 1.165) is 11.1 Å². The molecule has 0 aliphatic carbocycles. The number of rotatable bonds is 7. The fraction of sp³-hybridized carbons (Fsp3) is 0.158. The van der Waals surface area contributed by atoms with Crippen LogP contribution in [0.1, 0.15) is 11.1 Å². The van der Waals surface area contributed by atoms with Crippen molar-refractivity contribution in [2.24, 2.45) is 0 Å². The number of carbonyl (C=O) groups is 2. The van der Waals surface area contributed by atoms with Crippen molar-refractivity contribution in [3.05, 3.63) is 82.9 Å². The van der Waals surface area contributed by atoms with Gasteiger partial charge in [-0.15, -0.1) is 11.8 Å². The molecule has 0 spiro atoms. The predicted molar refractivity (Wildman–Crippen MR) is 96.1 cm³/mol. The number of nitrogens with one attached hydrogen (secondary N) is 1. The maximum Gasteiger partial charge on any atom is 0.355 e. The van der Waals surface area contributed by atoms with Crippen LogP contribution < -0.4 is 5.32 Å². The van der Waals surface area contributed by atoms with Crippen LogP contribution in [0.3, 0.4) is 0 Å². The lowest BCUT2D eigenvalue weighted by Gasteiger charge is -2.08. The number of hydrogen-bond acceptors (Lipinski definition) is 4. The standard InChI is InChI=1S/C19H19NO3S/c1-23-19(22)17(14-24-13-16-10-6-3-7-11-16)20-18(21)12-15-8-4-2-5-9-15/h2-11,14H,12-13H2,1H3,(H,20,21). The number of ether oxygens (including phenoxy) is 1. The molecule has 0 aliphatic heterocycles. The van der Waals surface area contributed by atoms with Crippen LogP contribution in [0.4, 0.5) is 0 Å². The summed E-state index contributed by atoms with van der Waals surface area (Å²) in [4.78, 5) is 23.9. The van der Waals surface area contributed by atoms with E-state index in [9.17, 15) is 9.59 Å². The van der Waals surface area contributed by atoms with Crippen molar-refractivity contribution >= 4 is 23.6 Å². The van der Waals surface area contributed by atoms with E-state index in [2.05, 4.69) is 5.32 Å². The first-order chi connectivity index (χ1) is 11.7. The molecule has 2 aromatic rings. The fourth-order valence-electron chi connectivity index (χ4n) is 2.01. The molecule has 5 heteroatoms. The molecule has 0 radical (unpaired) electrons. The summed E-state index contributed by atoms with van der Waals surface area (Å²) in [5.41, 5.74) is 2.18. The van der Waals surface area contributed by atoms with Crippen LogP contribution in [-0.2, 0) is 26.5 Å². The summed E-state index contributed by atoms with van der Waals surface area (Å²) in [6.45, 7) is 0. The Hall–Kier alpha value is -2.53. The Bertz CT molecular complexity index is 699. The average molecular weight is 341 g/mol. The molecule has 124 valence electrons. The Morgan fingerprint density at radius 3 is 2.17 bits per heavy atom. The zero-order valence-electron chi connectivity index (χ0n) is 13.4. The third-order valence-electron chi connectivity index (χ3n) is 3.18. The Labute approximate surface area is 145 Å². The molecular formula is C19H19NO3S. The lowest BCUT2D eigenvalue weighted by atomic mass is 10.1. The van der Waals surface area contributed by atoms with Gasteiger partial charge in [0.1, 0.15) is 5.70 Å². The molecule has 2 aromatic carbocycles. The lowest BCUT2D eigenvalue weighted by molar-refractivity contribution is -0.137. The number of esters is 1. The van der Waals surface area contributed by atoms with E-state index in [1.54, 1.807) is 5.41 Å². The van der Waals surface area contributed by atoms with E-state index in [1.165, 1.54) is 18.9 Å². The minimum absolute atomic E-state index is 0.152. The maximum atomic E-state index is 12.1. The second-order valence-corrected chi connectivity index (χ2v) is 5.89. The van der Waals surface area contributed by atoms with Gasteiger partial charge in [-0.1, -0.05) is 60.7 Å². The van der Waals surface area contributed by atoms with Gasteiger partial charge >= 0.3 is 5.97 Å². The number of amides is 1. The van der Waals surface area contributed by atoms with Gasteiger partial charge in [0.25, 0.3) is 0 Å². The predicted octanol–water partition coefficient (Wildman–Crippen LogP) is 3.29. The van der Waals surface area contributed by atoms with E-state index in [4.69, 9.17) is 4.74 Å². The molecular weight excluding hydrogens is 322 g/mol. The molecule has 1 amide bonds. The third kappa shape index (κ3) is 5.93. The zero-order chi connectivity index (χ0) is 17.2. The topological polar surface area (TPSA) is 55.4 Å². The third-order valence-corrected chi connectivity index (χ3v) is 4.08. The van der Waals surface area contributed by atoms with Gasteiger partial charge in [-0.2, -0.15) is 0 Å². The number of hydrogen-bond donors (Lipinski definition) is 1. The minimum Gasteiger partial charge on any atom is -0.464 e. The number of methoxy groups -OCH3 is 1. The van der Waals surface area contributed by atoms with Crippen molar-refractivity contribution in [1.29, 1.82) is 0 Å². The van der Waals surface area contributed by atoms with Gasteiger partial charge in [-0.3, -0.25) is 4.79 Å². The zero-order valence-corrected chi connectivity index (χ0v) is 14.2. The summed E-state index contributed by atoms with van der Waals surface area (Å²) in [7, 11) is 1.29. The molecule has 0 saturated carbocycles. The summed E-state index contributed by atoms with van der Waals surface area (Å²) < 4.78 is 4.73. The summed E-state index contributed by atoms with van der Waals surface area (Å²) in [5.74, 6) is -0.106. The number of carbonyl (C=O) groups excluding carboxylic acids is 2. The van der Waals surface area contributed by atoms with Crippen molar-refractivity contribution in [3.63, 3.8) is 0 Å². The van der Waals surface area contributed by atoms with Gasteiger partial charge in [0, 0.05) is 11.2 Å². The van der Waals surface area contributed by atoms with E-state index in [1.807, 2.05) is 60.7 Å². The van der Waals surface area contributed by atoms with Crippen LogP contribution in [0.5, 0.6) is 0 Å². The smallest absolute Gasteiger partial charge is 0.355 e. The first-order valence-electron chi connectivity index (χ1n) is 7.47. The molecule has 0 aliphatic rings. The van der Waals surface area contributed by atoms with Crippen molar-refractivity contribution in [3.8, 4) is 0 Å². The molecule has 24 heavy (non-hydrogen) atoms. The van der Waals surface area contributed by atoms with Gasteiger partial charge < -0.3 is 10.1 Å². The largest absolute Gasteiger partial charge is 0.464 e. The first-order valence-corrected chi connectivity index (χ1v) is 8.51. The molecule has 0 aromatic heterocycles. The molecule has 0 saturated heterocycles. The van der Waals surface area contributed by atoms with Crippen molar-refractivity contribution in [1.82, 2.24) is 5.32 Å². The SMILES string of the molecule is COC(=O)C(=CSCc1ccccc1)NC(=O)Cc1ccccc1. The van der Waals surface area contributed by atoms with Gasteiger partial charge in [-0.25, -0.2) is 4.79 Å². The van der Waals surface area contributed by atoms with Gasteiger partial charge in [0.05, 0.1) is 13.5 Å². The van der Waals surface area contributed by atoms with E-state index < -0.39 is 5.97 Å². The monoisotopic (exact) mass is 341 g/mol. The summed E-state index contributed by atoms with van der Waals surface area (Å²) in [6, 6.07) is 19.3. The van der Waals surface area contributed by atoms with E-state index in [0.29, 0.717) is 5.75 Å². The van der Waals surface area contributed by atoms with E-state index >= 15 is 0 Å². The van der Waals surface area contributed by atoms with Gasteiger partial charge in [0.15, 0.2) is 0 Å². The van der Waals surface area contributed by atoms with Crippen LogP contribution in [0.2, 0.25) is 0 Å². The number of thioether (sulfide) groups is 1. The number of benzene rings is 2. The summed E-state index contributed by atoms with van der Waals surface area (Å²) in [5, 5.41) is 4.26. The quantitative estimate of drug-likeness (QED) is 0.620. The Balaban J connectivity index is 1.95. The first kappa shape index (κ1) is 17.8. The van der Waals surface area contributed by atoms with Crippen molar-refractivity contribution in [2.45, 2.75) is 12.2 Å². The fourth-order valence-corrected chi connectivity index (χ4v) is 2.80. The molecule has 1 N–H and O–H groups in total. The van der Waals surface area contributed by atoms with Gasteiger partial charge in [-0.05, 0) is 11.1 Å². The highest BCUT2D eigenvalue weighted by atomic mass is 32.2. The minimum atomic E-state index is -0.558. The van der Waals surface area contributed by atoms with E-state index in [-0.39, 0.29) is 18.0 Å². The molecule has 0 fully saturated rings. The van der Waals surface area contributed by atoms with Crippen LogP contribution in [0.15, 0.2) is 71.8 Å². The van der Waals surface area contributed by atoms with Crippen LogP contribution in [0.25, 0.3) is 0 Å². The Morgan fingerprint density at radius 2 is 1.58 bits per heavy atom. The Kier molecular flexibility index (Phi) is 7.11. The van der Waals surface area contributed by atoms with Crippen LogP contribution in [0, 0.1) is 0 Å². The van der Waals surface area contributed by atoms with Gasteiger partial charge in [0.2, 0.25) is 5.91 Å². The van der Waals surface area contributed by atoms with Crippen LogP contribution in [-0.4, -0.2) is 19.0 Å². The maximum absolute atomic E-state index is 12.1. The molecule has 0 heterocycles. The highest BCUT2D eigenvalue weighted by Crippen LogP contribution is 2.15. The molecule has 2 rings (SSSR count). The summed E-state index contributed by atoms with van der Waals surface area (Å²) in [6.07, 6.45) is 0.207. The van der Waals surface area contributed by atoms with Crippen molar-refractivity contribution < 1.29 is 14.3 Å².